The maximum Gasteiger partial charge on any atom is 0.270 e. The van der Waals surface area contributed by atoms with Gasteiger partial charge in [0.15, 0.2) is 0 Å². The molecule has 8 nitrogen and oxygen atoms in total. The molecule has 1 aromatic heterocycles. The lowest BCUT2D eigenvalue weighted by molar-refractivity contribution is -0.00729. The van der Waals surface area contributed by atoms with Crippen molar-refractivity contribution in [2.24, 2.45) is 10.9 Å². The maximum atomic E-state index is 12.6. The number of anilines is 1. The molecule has 0 unspecified atom stereocenters. The fourth-order valence-corrected chi connectivity index (χ4v) is 3.53. The van der Waals surface area contributed by atoms with Gasteiger partial charge in [-0.1, -0.05) is 0 Å². The molecule has 28 heavy (non-hydrogen) atoms. The molecule has 1 aromatic rings. The summed E-state index contributed by atoms with van der Waals surface area (Å²) in [6, 6.07) is 5.32. The van der Waals surface area contributed by atoms with Gasteiger partial charge in [-0.15, -0.1) is 0 Å². The van der Waals surface area contributed by atoms with E-state index in [-0.39, 0.29) is 11.6 Å². The number of hydrogen-bond acceptors (Lipinski definition) is 7. The second-order valence-electron chi connectivity index (χ2n) is 7.14. The zero-order valence-electron chi connectivity index (χ0n) is 16.3. The van der Waals surface area contributed by atoms with Crippen LogP contribution in [0.5, 0.6) is 0 Å². The number of nitrogens with one attached hydrogen (secondary N) is 1. The van der Waals surface area contributed by atoms with Crippen molar-refractivity contribution in [2.75, 3.05) is 44.9 Å². The number of methoxy groups -OCH3 is 1. The summed E-state index contributed by atoms with van der Waals surface area (Å²) in [6.07, 6.45) is 6.05. The molecule has 0 radical (unpaired) electrons. The number of pyridine rings is 1. The van der Waals surface area contributed by atoms with Gasteiger partial charge in [0.05, 0.1) is 43.8 Å². The molecule has 1 amide bonds. The molecule has 150 valence electrons. The number of carbonyl (C=O) groups excluding carboxylic acids is 1. The van der Waals surface area contributed by atoms with Crippen LogP contribution in [-0.2, 0) is 9.47 Å². The summed E-state index contributed by atoms with van der Waals surface area (Å²) < 4.78 is 10.8. The van der Waals surface area contributed by atoms with Crippen LogP contribution >= 0.6 is 0 Å². The van der Waals surface area contributed by atoms with E-state index in [1.807, 2.05) is 4.90 Å². The van der Waals surface area contributed by atoms with Gasteiger partial charge in [-0.3, -0.25) is 9.79 Å². The van der Waals surface area contributed by atoms with Gasteiger partial charge < -0.3 is 19.7 Å². The Morgan fingerprint density at radius 1 is 1.32 bits per heavy atom. The van der Waals surface area contributed by atoms with E-state index in [2.05, 4.69) is 21.4 Å². The van der Waals surface area contributed by atoms with Crippen LogP contribution in [0.15, 0.2) is 17.1 Å². The first-order chi connectivity index (χ1) is 13.7. The number of nitriles is 1. The molecular weight excluding hydrogens is 358 g/mol. The van der Waals surface area contributed by atoms with Gasteiger partial charge in [-0.25, -0.2) is 4.98 Å². The minimum atomic E-state index is -0.243. The second-order valence-corrected chi connectivity index (χ2v) is 7.14. The van der Waals surface area contributed by atoms with E-state index in [0.29, 0.717) is 56.3 Å². The number of carbonyl (C=O) groups is 1. The van der Waals surface area contributed by atoms with Crippen LogP contribution < -0.4 is 10.2 Å². The van der Waals surface area contributed by atoms with Gasteiger partial charge in [0.1, 0.15) is 11.5 Å². The number of nitrogens with zero attached hydrogens (tertiary/aromatic N) is 4. The van der Waals surface area contributed by atoms with Crippen LogP contribution in [0.2, 0.25) is 0 Å². The van der Waals surface area contributed by atoms with Crippen LogP contribution in [0.4, 0.5) is 5.82 Å². The number of aromatic nitrogens is 1. The minimum Gasteiger partial charge on any atom is -0.382 e. The van der Waals surface area contributed by atoms with E-state index < -0.39 is 0 Å². The normalized spacial score (nSPS) is 21.5. The van der Waals surface area contributed by atoms with E-state index in [9.17, 15) is 10.1 Å². The van der Waals surface area contributed by atoms with Crippen LogP contribution in [0.3, 0.4) is 0 Å². The van der Waals surface area contributed by atoms with Crippen LogP contribution in [0, 0.1) is 17.2 Å². The number of aliphatic imine (C=N–C) groups is 1. The lowest BCUT2D eigenvalue weighted by Crippen LogP contribution is -2.33. The number of rotatable bonds is 8. The fraction of sp³-hybridized carbons (Fsp3) is 0.600. The third kappa shape index (κ3) is 5.50. The Kier molecular flexibility index (Phi) is 7.34. The number of hydrogen-bond donors (Lipinski definition) is 1. The zero-order chi connectivity index (χ0) is 19.8. The van der Waals surface area contributed by atoms with Crippen molar-refractivity contribution in [1.29, 1.82) is 5.26 Å². The van der Waals surface area contributed by atoms with Crippen molar-refractivity contribution < 1.29 is 14.3 Å². The van der Waals surface area contributed by atoms with Gasteiger partial charge in [0.2, 0.25) is 0 Å². The first-order valence-electron chi connectivity index (χ1n) is 9.77. The van der Waals surface area contributed by atoms with Crippen molar-refractivity contribution in [2.45, 2.75) is 31.8 Å². The van der Waals surface area contributed by atoms with Crippen molar-refractivity contribution >= 4 is 18.1 Å². The van der Waals surface area contributed by atoms with E-state index in [1.54, 1.807) is 19.5 Å². The van der Waals surface area contributed by atoms with E-state index in [4.69, 9.17) is 9.47 Å². The van der Waals surface area contributed by atoms with Gasteiger partial charge >= 0.3 is 0 Å². The van der Waals surface area contributed by atoms with Crippen LogP contribution in [-0.4, -0.2) is 63.3 Å². The Morgan fingerprint density at radius 2 is 2.14 bits per heavy atom. The van der Waals surface area contributed by atoms with Gasteiger partial charge in [0.25, 0.3) is 5.91 Å². The highest BCUT2D eigenvalue weighted by Crippen LogP contribution is 2.26. The summed E-state index contributed by atoms with van der Waals surface area (Å²) in [5.41, 5.74) is 0.690. The largest absolute Gasteiger partial charge is 0.382 e. The Bertz CT molecular complexity index is 738. The Labute approximate surface area is 165 Å². The molecule has 0 bridgehead atoms. The maximum absolute atomic E-state index is 12.6. The first kappa shape index (κ1) is 20.2. The van der Waals surface area contributed by atoms with Gasteiger partial charge in [-0.05, 0) is 43.7 Å². The molecule has 1 N–H and O–H groups in total. The lowest BCUT2D eigenvalue weighted by atomic mass is 9.87. The van der Waals surface area contributed by atoms with Crippen LogP contribution in [0.1, 0.15) is 41.7 Å². The smallest absolute Gasteiger partial charge is 0.270 e. The molecule has 0 aromatic carbocycles. The van der Waals surface area contributed by atoms with Crippen molar-refractivity contribution in [3.63, 3.8) is 0 Å². The van der Waals surface area contributed by atoms with E-state index in [0.717, 1.165) is 25.7 Å². The molecule has 1 saturated carbocycles. The monoisotopic (exact) mass is 385 g/mol. The van der Waals surface area contributed by atoms with Crippen molar-refractivity contribution in [1.82, 2.24) is 10.3 Å². The van der Waals surface area contributed by atoms with Crippen molar-refractivity contribution in [3.8, 4) is 6.07 Å². The third-order valence-corrected chi connectivity index (χ3v) is 5.14. The summed E-state index contributed by atoms with van der Waals surface area (Å²) in [4.78, 5) is 23.0. The Morgan fingerprint density at radius 3 is 2.82 bits per heavy atom. The average Bonchev–Trinajstić information content (AvgIpc) is 3.28. The summed E-state index contributed by atoms with van der Waals surface area (Å²) in [5, 5.41) is 12.2. The standard InChI is InChI=1S/C20H27N5O3/c1-27-8-9-28-17-4-2-15(3-5-17)13-23-20(26)18-10-16(12-21)11-19(24-18)25-7-6-22-14-25/h10-11,14-15,17H,2-9,13H2,1H3,(H,23,26). The summed E-state index contributed by atoms with van der Waals surface area (Å²) in [5.74, 6) is 0.780. The quantitative estimate of drug-likeness (QED) is 0.685. The Balaban J connectivity index is 1.51. The number of ether oxygens (including phenoxy) is 2. The highest BCUT2D eigenvalue weighted by atomic mass is 16.5. The molecule has 2 aliphatic rings. The summed E-state index contributed by atoms with van der Waals surface area (Å²) >= 11 is 0. The van der Waals surface area contributed by atoms with Crippen LogP contribution in [0.25, 0.3) is 0 Å². The molecule has 8 heteroatoms. The summed E-state index contributed by atoms with van der Waals surface area (Å²) in [7, 11) is 1.67. The van der Waals surface area contributed by atoms with E-state index >= 15 is 0 Å². The summed E-state index contributed by atoms with van der Waals surface area (Å²) in [6.45, 7) is 3.27. The second kappa shape index (κ2) is 10.2. The van der Waals surface area contributed by atoms with Crippen molar-refractivity contribution in [3.05, 3.63) is 23.4 Å². The molecular formula is C20H27N5O3. The molecule has 1 aliphatic heterocycles. The average molecular weight is 385 g/mol. The molecule has 1 aliphatic carbocycles. The molecule has 2 heterocycles. The highest BCUT2D eigenvalue weighted by Gasteiger charge is 2.23. The first-order valence-corrected chi connectivity index (χ1v) is 9.77. The fourth-order valence-electron chi connectivity index (χ4n) is 3.53. The predicted octanol–water partition coefficient (Wildman–Crippen LogP) is 1.75. The molecule has 1 fully saturated rings. The Hall–Kier alpha value is -2.50. The van der Waals surface area contributed by atoms with E-state index in [1.165, 1.54) is 6.07 Å². The molecule has 0 spiro atoms. The third-order valence-electron chi connectivity index (χ3n) is 5.14. The molecule has 0 atom stereocenters. The predicted molar refractivity (Wildman–Crippen MR) is 106 cm³/mol. The van der Waals surface area contributed by atoms with Gasteiger partial charge in [0, 0.05) is 20.2 Å². The zero-order valence-corrected chi connectivity index (χ0v) is 16.3. The minimum absolute atomic E-state index is 0.243. The molecule has 0 saturated heterocycles. The molecule has 3 rings (SSSR count). The number of amides is 1. The lowest BCUT2D eigenvalue weighted by Gasteiger charge is -2.28. The topological polar surface area (TPSA) is 99.8 Å². The highest BCUT2D eigenvalue weighted by molar-refractivity contribution is 5.93. The SMILES string of the molecule is COCCOC1CCC(CNC(=O)c2cc(C#N)cc(N3C=NCC3)n2)CC1. The van der Waals surface area contributed by atoms with Gasteiger partial charge in [-0.2, -0.15) is 5.26 Å².